The number of amides is 3. The largest absolute Gasteiger partial charge is 0.459 e. The molecule has 144 valence electrons. The summed E-state index contributed by atoms with van der Waals surface area (Å²) in [6, 6.07) is 4.67. The van der Waals surface area contributed by atoms with E-state index in [-0.39, 0.29) is 37.8 Å². The number of hydrogen-bond acceptors (Lipinski definition) is 3. The van der Waals surface area contributed by atoms with E-state index in [1.807, 2.05) is 5.32 Å². The number of anilines is 1. The van der Waals surface area contributed by atoms with Crippen LogP contribution in [0.5, 0.6) is 0 Å². The van der Waals surface area contributed by atoms with Crippen LogP contribution in [-0.4, -0.2) is 47.9 Å². The summed E-state index contributed by atoms with van der Waals surface area (Å²) in [4.78, 5) is 27.1. The zero-order valence-electron chi connectivity index (χ0n) is 13.9. The van der Waals surface area contributed by atoms with Gasteiger partial charge in [0.25, 0.3) is 5.91 Å². The van der Waals surface area contributed by atoms with Crippen LogP contribution >= 0.6 is 0 Å². The van der Waals surface area contributed by atoms with Crippen LogP contribution in [0.25, 0.3) is 0 Å². The number of piperazine rings is 1. The summed E-state index contributed by atoms with van der Waals surface area (Å²) in [5.74, 6) is -1.35. The van der Waals surface area contributed by atoms with Gasteiger partial charge in [-0.2, -0.15) is 13.2 Å². The van der Waals surface area contributed by atoms with Gasteiger partial charge in [-0.15, -0.1) is 0 Å². The van der Waals surface area contributed by atoms with E-state index in [0.717, 1.165) is 12.1 Å². The number of furan rings is 1. The highest BCUT2D eigenvalue weighted by molar-refractivity contribution is 5.92. The van der Waals surface area contributed by atoms with Crippen LogP contribution in [0, 0.1) is 5.82 Å². The lowest BCUT2D eigenvalue weighted by atomic mass is 10.1. The van der Waals surface area contributed by atoms with E-state index in [0.29, 0.717) is 6.07 Å². The van der Waals surface area contributed by atoms with Gasteiger partial charge in [0.15, 0.2) is 5.76 Å². The summed E-state index contributed by atoms with van der Waals surface area (Å²) in [6.07, 6.45) is -3.44. The molecule has 3 amide bonds. The minimum Gasteiger partial charge on any atom is -0.459 e. The van der Waals surface area contributed by atoms with Gasteiger partial charge in [0, 0.05) is 26.2 Å². The first kappa shape index (κ1) is 18.7. The number of carbonyl (C=O) groups excluding carboxylic acids is 2. The van der Waals surface area contributed by atoms with Crippen molar-refractivity contribution in [3.05, 3.63) is 53.7 Å². The number of rotatable bonds is 2. The number of alkyl halides is 3. The first-order valence-electron chi connectivity index (χ1n) is 8.02. The molecular formula is C17H15F4N3O3. The summed E-state index contributed by atoms with van der Waals surface area (Å²) < 4.78 is 57.9. The molecule has 0 spiro atoms. The number of carbonyl (C=O) groups is 2. The van der Waals surface area contributed by atoms with Gasteiger partial charge < -0.3 is 19.5 Å². The van der Waals surface area contributed by atoms with E-state index < -0.39 is 29.3 Å². The molecule has 6 nitrogen and oxygen atoms in total. The lowest BCUT2D eigenvalue weighted by molar-refractivity contribution is -0.137. The van der Waals surface area contributed by atoms with E-state index in [9.17, 15) is 27.2 Å². The molecule has 0 radical (unpaired) electrons. The first-order valence-corrected chi connectivity index (χ1v) is 8.02. The zero-order valence-corrected chi connectivity index (χ0v) is 13.9. The number of urea groups is 1. The predicted molar refractivity (Wildman–Crippen MR) is 86.6 cm³/mol. The molecule has 10 heteroatoms. The summed E-state index contributed by atoms with van der Waals surface area (Å²) in [5, 5.41) is 2.00. The highest BCUT2D eigenvalue weighted by atomic mass is 19.4. The lowest BCUT2D eigenvalue weighted by Crippen LogP contribution is -2.51. The second-order valence-corrected chi connectivity index (χ2v) is 5.85. The number of para-hydroxylation sites is 1. The van der Waals surface area contributed by atoms with Gasteiger partial charge >= 0.3 is 12.2 Å². The Morgan fingerprint density at radius 3 is 2.26 bits per heavy atom. The average molecular weight is 385 g/mol. The fourth-order valence-corrected chi connectivity index (χ4v) is 2.74. The molecule has 1 saturated heterocycles. The van der Waals surface area contributed by atoms with Gasteiger partial charge in [0.05, 0.1) is 17.5 Å². The summed E-state index contributed by atoms with van der Waals surface area (Å²) in [6.45, 7) is 0.537. The molecule has 3 rings (SSSR count). The molecule has 1 aliphatic rings. The van der Waals surface area contributed by atoms with Crippen molar-refractivity contribution in [2.45, 2.75) is 6.18 Å². The Balaban J connectivity index is 1.65. The van der Waals surface area contributed by atoms with Crippen molar-refractivity contribution in [3.63, 3.8) is 0 Å². The normalized spacial score (nSPS) is 15.0. The first-order chi connectivity index (χ1) is 12.8. The highest BCUT2D eigenvalue weighted by Crippen LogP contribution is 2.36. The Morgan fingerprint density at radius 1 is 1.00 bits per heavy atom. The van der Waals surface area contributed by atoms with Gasteiger partial charge in [-0.3, -0.25) is 4.79 Å². The fraction of sp³-hybridized carbons (Fsp3) is 0.294. The minimum atomic E-state index is -4.81. The zero-order chi connectivity index (χ0) is 19.6. The fourth-order valence-electron chi connectivity index (χ4n) is 2.74. The third-order valence-electron chi connectivity index (χ3n) is 4.14. The van der Waals surface area contributed by atoms with Crippen LogP contribution in [0.2, 0.25) is 0 Å². The van der Waals surface area contributed by atoms with E-state index in [1.165, 1.54) is 22.1 Å². The Bertz CT molecular complexity index is 828. The van der Waals surface area contributed by atoms with Gasteiger partial charge in [0.1, 0.15) is 5.82 Å². The molecule has 0 saturated carbocycles. The van der Waals surface area contributed by atoms with E-state index in [1.54, 1.807) is 6.07 Å². The summed E-state index contributed by atoms with van der Waals surface area (Å²) in [5.41, 5.74) is -2.17. The van der Waals surface area contributed by atoms with Crippen LogP contribution in [0.1, 0.15) is 16.1 Å². The van der Waals surface area contributed by atoms with Crippen molar-refractivity contribution in [1.29, 1.82) is 0 Å². The molecule has 1 N–H and O–H groups in total. The van der Waals surface area contributed by atoms with E-state index in [4.69, 9.17) is 4.42 Å². The third kappa shape index (κ3) is 4.04. The van der Waals surface area contributed by atoms with Crippen molar-refractivity contribution < 1.29 is 31.6 Å². The molecule has 0 unspecified atom stereocenters. The summed E-state index contributed by atoms with van der Waals surface area (Å²) in [7, 11) is 0. The Labute approximate surface area is 151 Å². The maximum absolute atomic E-state index is 13.8. The van der Waals surface area contributed by atoms with E-state index in [2.05, 4.69) is 0 Å². The molecule has 2 aromatic rings. The van der Waals surface area contributed by atoms with Gasteiger partial charge in [0.2, 0.25) is 0 Å². The Kier molecular flexibility index (Phi) is 5.06. The van der Waals surface area contributed by atoms with Crippen molar-refractivity contribution in [3.8, 4) is 0 Å². The van der Waals surface area contributed by atoms with Crippen molar-refractivity contribution in [2.75, 3.05) is 31.5 Å². The number of nitrogens with one attached hydrogen (secondary N) is 1. The van der Waals surface area contributed by atoms with Crippen LogP contribution in [0.3, 0.4) is 0 Å². The lowest BCUT2D eigenvalue weighted by Gasteiger charge is -2.34. The standard InChI is InChI=1S/C17H15F4N3O3/c18-12-4-1-3-11(17(19,20)21)14(12)22-16(26)24-8-6-23(7-9-24)15(25)13-5-2-10-27-13/h1-5,10H,6-9H2,(H,22,26). The van der Waals surface area contributed by atoms with Crippen LogP contribution in [0.15, 0.2) is 41.0 Å². The second kappa shape index (κ2) is 7.29. The number of benzene rings is 1. The maximum atomic E-state index is 13.8. The third-order valence-corrected chi connectivity index (χ3v) is 4.14. The SMILES string of the molecule is O=C(Nc1c(F)cccc1C(F)(F)F)N1CCN(C(=O)c2ccco2)CC1. The summed E-state index contributed by atoms with van der Waals surface area (Å²) >= 11 is 0. The van der Waals surface area contributed by atoms with Gasteiger partial charge in [-0.25, -0.2) is 9.18 Å². The van der Waals surface area contributed by atoms with Crippen molar-refractivity contribution in [2.24, 2.45) is 0 Å². The molecule has 0 aliphatic carbocycles. The number of halogens is 4. The molecule has 2 heterocycles. The molecule has 1 aromatic heterocycles. The molecular weight excluding hydrogens is 370 g/mol. The second-order valence-electron chi connectivity index (χ2n) is 5.85. The van der Waals surface area contributed by atoms with Crippen molar-refractivity contribution >= 4 is 17.6 Å². The molecule has 0 atom stereocenters. The molecule has 1 aliphatic heterocycles. The molecule has 1 fully saturated rings. The molecule has 1 aromatic carbocycles. The van der Waals surface area contributed by atoms with Crippen LogP contribution < -0.4 is 5.32 Å². The highest BCUT2D eigenvalue weighted by Gasteiger charge is 2.36. The minimum absolute atomic E-state index is 0.0914. The van der Waals surface area contributed by atoms with Gasteiger partial charge in [-0.05, 0) is 24.3 Å². The Hall–Kier alpha value is -3.04. The van der Waals surface area contributed by atoms with E-state index >= 15 is 0 Å². The topological polar surface area (TPSA) is 65.8 Å². The van der Waals surface area contributed by atoms with Crippen LogP contribution in [0.4, 0.5) is 28.0 Å². The number of hydrogen-bond donors (Lipinski definition) is 1. The number of nitrogens with zero attached hydrogens (tertiary/aromatic N) is 2. The predicted octanol–water partition coefficient (Wildman–Crippen LogP) is 3.43. The van der Waals surface area contributed by atoms with Crippen molar-refractivity contribution in [1.82, 2.24) is 9.80 Å². The van der Waals surface area contributed by atoms with Gasteiger partial charge in [-0.1, -0.05) is 6.07 Å². The van der Waals surface area contributed by atoms with Crippen LogP contribution in [-0.2, 0) is 6.18 Å². The Morgan fingerprint density at radius 2 is 1.67 bits per heavy atom. The maximum Gasteiger partial charge on any atom is 0.418 e. The quantitative estimate of drug-likeness (QED) is 0.806. The molecule has 27 heavy (non-hydrogen) atoms. The average Bonchev–Trinajstić information content (AvgIpc) is 3.16. The monoisotopic (exact) mass is 385 g/mol. The smallest absolute Gasteiger partial charge is 0.418 e. The molecule has 0 bridgehead atoms.